The molecule has 0 radical (unpaired) electrons. The fraction of sp³-hybridized carbons (Fsp3) is 0.579. The molecular weight excluding hydrogens is 358 g/mol. The lowest BCUT2D eigenvalue weighted by molar-refractivity contribution is -0.144. The largest absolute Gasteiger partial charge is 0.444 e. The molecule has 1 heterocycles. The van der Waals surface area contributed by atoms with Crippen LogP contribution in [0.4, 0.5) is 13.6 Å². The Balaban J connectivity index is 2.06. The van der Waals surface area contributed by atoms with Crippen molar-refractivity contribution in [1.82, 2.24) is 10.2 Å². The first kappa shape index (κ1) is 21.1. The fourth-order valence-electron chi connectivity index (χ4n) is 2.76. The molecule has 150 valence electrons. The summed E-state index contributed by atoms with van der Waals surface area (Å²) in [6.07, 6.45) is -1.26. The van der Waals surface area contributed by atoms with E-state index in [1.807, 2.05) is 0 Å². The Labute approximate surface area is 157 Å². The minimum absolute atomic E-state index is 0.170. The van der Waals surface area contributed by atoms with Crippen molar-refractivity contribution in [2.75, 3.05) is 19.7 Å². The van der Waals surface area contributed by atoms with E-state index < -0.39 is 35.0 Å². The number of benzene rings is 1. The molecule has 6 nitrogen and oxygen atoms in total. The maximum absolute atomic E-state index is 13.5. The van der Waals surface area contributed by atoms with Gasteiger partial charge in [-0.2, -0.15) is 0 Å². The van der Waals surface area contributed by atoms with Crippen LogP contribution < -0.4 is 5.32 Å². The zero-order chi connectivity index (χ0) is 20.4. The standard InChI is InChI=1S/C19H26F2N2O4/c1-18(2,3)27-17(25)22-19(4,5)16(24)23-8-9-26-15(11-23)12-6-7-13(20)14(21)10-12/h6-7,10,15H,8-9,11H2,1-5H3,(H,22,25). The summed E-state index contributed by atoms with van der Waals surface area (Å²) in [5.41, 5.74) is -1.43. The lowest BCUT2D eigenvalue weighted by atomic mass is 10.0. The fourth-order valence-corrected chi connectivity index (χ4v) is 2.76. The molecule has 2 amide bonds. The smallest absolute Gasteiger partial charge is 0.408 e. The van der Waals surface area contributed by atoms with Gasteiger partial charge in [-0.1, -0.05) is 6.07 Å². The summed E-state index contributed by atoms with van der Waals surface area (Å²) >= 11 is 0. The van der Waals surface area contributed by atoms with Crippen molar-refractivity contribution in [1.29, 1.82) is 0 Å². The molecule has 8 heteroatoms. The molecular formula is C19H26F2N2O4. The highest BCUT2D eigenvalue weighted by Crippen LogP contribution is 2.25. The number of alkyl carbamates (subject to hydrolysis) is 1. The van der Waals surface area contributed by atoms with E-state index in [1.165, 1.54) is 11.0 Å². The van der Waals surface area contributed by atoms with E-state index in [9.17, 15) is 18.4 Å². The van der Waals surface area contributed by atoms with E-state index >= 15 is 0 Å². The summed E-state index contributed by atoms with van der Waals surface area (Å²) in [7, 11) is 0. The van der Waals surface area contributed by atoms with Gasteiger partial charge in [0, 0.05) is 6.54 Å². The number of hydrogen-bond acceptors (Lipinski definition) is 4. The van der Waals surface area contributed by atoms with Gasteiger partial charge in [-0.15, -0.1) is 0 Å². The molecule has 1 aromatic carbocycles. The van der Waals surface area contributed by atoms with Crippen molar-refractivity contribution in [3.05, 3.63) is 35.4 Å². The zero-order valence-electron chi connectivity index (χ0n) is 16.3. The monoisotopic (exact) mass is 384 g/mol. The number of ether oxygens (including phenoxy) is 2. The van der Waals surface area contributed by atoms with E-state index in [4.69, 9.17) is 9.47 Å². The molecule has 1 aliphatic heterocycles. The predicted octanol–water partition coefficient (Wildman–Crippen LogP) is 3.17. The molecule has 27 heavy (non-hydrogen) atoms. The van der Waals surface area contributed by atoms with Gasteiger partial charge in [-0.05, 0) is 52.3 Å². The van der Waals surface area contributed by atoms with Crippen LogP contribution in [0.2, 0.25) is 0 Å². The Morgan fingerprint density at radius 3 is 2.44 bits per heavy atom. The Morgan fingerprint density at radius 1 is 1.19 bits per heavy atom. The average molecular weight is 384 g/mol. The average Bonchev–Trinajstić information content (AvgIpc) is 2.54. The summed E-state index contributed by atoms with van der Waals surface area (Å²) in [6.45, 7) is 9.11. The van der Waals surface area contributed by atoms with Crippen LogP contribution in [0.1, 0.15) is 46.3 Å². The van der Waals surface area contributed by atoms with E-state index in [0.29, 0.717) is 12.1 Å². The second-order valence-electron chi connectivity index (χ2n) is 8.04. The third-order valence-corrected chi connectivity index (χ3v) is 4.02. The van der Waals surface area contributed by atoms with E-state index in [-0.39, 0.29) is 19.1 Å². The summed E-state index contributed by atoms with van der Waals surface area (Å²) < 4.78 is 37.4. The van der Waals surface area contributed by atoms with Gasteiger partial charge in [0.1, 0.15) is 17.2 Å². The van der Waals surface area contributed by atoms with Gasteiger partial charge in [-0.25, -0.2) is 13.6 Å². The highest BCUT2D eigenvalue weighted by atomic mass is 19.2. The van der Waals surface area contributed by atoms with Gasteiger partial charge in [0.25, 0.3) is 0 Å². The number of amides is 2. The van der Waals surface area contributed by atoms with Crippen LogP contribution in [-0.2, 0) is 14.3 Å². The van der Waals surface area contributed by atoms with Crippen molar-refractivity contribution in [2.24, 2.45) is 0 Å². The number of carbonyl (C=O) groups excluding carboxylic acids is 2. The summed E-state index contributed by atoms with van der Waals surface area (Å²) in [5, 5.41) is 2.58. The summed E-state index contributed by atoms with van der Waals surface area (Å²) in [4.78, 5) is 26.4. The SMILES string of the molecule is CC(C)(C)OC(=O)NC(C)(C)C(=O)N1CCOC(c2ccc(F)c(F)c2)C1. The van der Waals surface area contributed by atoms with Crippen LogP contribution in [0.25, 0.3) is 0 Å². The molecule has 1 saturated heterocycles. The number of rotatable bonds is 3. The van der Waals surface area contributed by atoms with E-state index in [1.54, 1.807) is 34.6 Å². The van der Waals surface area contributed by atoms with Crippen LogP contribution in [0.15, 0.2) is 18.2 Å². The molecule has 0 bridgehead atoms. The Morgan fingerprint density at radius 2 is 1.85 bits per heavy atom. The molecule has 1 atom stereocenters. The van der Waals surface area contributed by atoms with Gasteiger partial charge in [0.05, 0.1) is 13.2 Å². The lowest BCUT2D eigenvalue weighted by Crippen LogP contribution is -2.58. The van der Waals surface area contributed by atoms with E-state index in [0.717, 1.165) is 12.1 Å². The molecule has 0 aromatic heterocycles. The molecule has 1 N–H and O–H groups in total. The zero-order valence-corrected chi connectivity index (χ0v) is 16.3. The number of morpholine rings is 1. The number of nitrogens with one attached hydrogen (secondary N) is 1. The highest BCUT2D eigenvalue weighted by Gasteiger charge is 2.37. The molecule has 1 aliphatic rings. The van der Waals surface area contributed by atoms with Crippen molar-refractivity contribution in [3.8, 4) is 0 Å². The second-order valence-corrected chi connectivity index (χ2v) is 8.04. The number of carbonyl (C=O) groups is 2. The van der Waals surface area contributed by atoms with Crippen molar-refractivity contribution in [2.45, 2.75) is 51.9 Å². The van der Waals surface area contributed by atoms with Crippen molar-refractivity contribution >= 4 is 12.0 Å². The molecule has 0 spiro atoms. The lowest BCUT2D eigenvalue weighted by Gasteiger charge is -2.38. The van der Waals surface area contributed by atoms with Gasteiger partial charge >= 0.3 is 6.09 Å². The first-order valence-electron chi connectivity index (χ1n) is 8.76. The van der Waals surface area contributed by atoms with Crippen LogP contribution in [0.5, 0.6) is 0 Å². The first-order chi connectivity index (χ1) is 12.4. The van der Waals surface area contributed by atoms with Gasteiger partial charge < -0.3 is 19.7 Å². The molecule has 0 aliphatic carbocycles. The summed E-state index contributed by atoms with van der Waals surface area (Å²) in [6, 6.07) is 3.53. The first-order valence-corrected chi connectivity index (χ1v) is 8.76. The maximum atomic E-state index is 13.5. The van der Waals surface area contributed by atoms with Crippen LogP contribution in [0.3, 0.4) is 0 Å². The van der Waals surface area contributed by atoms with E-state index in [2.05, 4.69) is 5.32 Å². The Hall–Kier alpha value is -2.22. The Bertz CT molecular complexity index is 716. The van der Waals surface area contributed by atoms with Gasteiger partial charge in [0.15, 0.2) is 11.6 Å². The number of nitrogens with zero attached hydrogens (tertiary/aromatic N) is 1. The normalized spacial score (nSPS) is 18.2. The van der Waals surface area contributed by atoms with Crippen LogP contribution in [0, 0.1) is 11.6 Å². The minimum Gasteiger partial charge on any atom is -0.444 e. The van der Waals surface area contributed by atoms with Gasteiger partial charge in [-0.3, -0.25) is 4.79 Å². The molecule has 0 saturated carbocycles. The maximum Gasteiger partial charge on any atom is 0.408 e. The number of hydrogen-bond donors (Lipinski definition) is 1. The number of halogens is 2. The van der Waals surface area contributed by atoms with Gasteiger partial charge in [0.2, 0.25) is 5.91 Å². The molecule has 1 unspecified atom stereocenters. The quantitative estimate of drug-likeness (QED) is 0.869. The second kappa shape index (κ2) is 7.80. The minimum atomic E-state index is -1.20. The molecule has 1 fully saturated rings. The molecule has 2 rings (SSSR count). The Kier molecular flexibility index (Phi) is 6.09. The highest BCUT2D eigenvalue weighted by molar-refractivity contribution is 5.89. The van der Waals surface area contributed by atoms with Crippen LogP contribution in [-0.4, -0.2) is 47.7 Å². The predicted molar refractivity (Wildman–Crippen MR) is 95.1 cm³/mol. The van der Waals surface area contributed by atoms with Crippen LogP contribution >= 0.6 is 0 Å². The summed E-state index contributed by atoms with van der Waals surface area (Å²) in [5.74, 6) is -2.22. The van der Waals surface area contributed by atoms with Crippen molar-refractivity contribution in [3.63, 3.8) is 0 Å². The molecule has 1 aromatic rings. The topological polar surface area (TPSA) is 67.9 Å². The third-order valence-electron chi connectivity index (χ3n) is 4.02. The van der Waals surface area contributed by atoms with Crippen molar-refractivity contribution < 1.29 is 27.8 Å². The third kappa shape index (κ3) is 5.63.